The van der Waals surface area contributed by atoms with Crippen LogP contribution in [0.25, 0.3) is 11.3 Å². The third-order valence-electron chi connectivity index (χ3n) is 2.59. The van der Waals surface area contributed by atoms with Crippen molar-refractivity contribution in [2.75, 3.05) is 5.73 Å². The fourth-order valence-corrected chi connectivity index (χ4v) is 1.67. The maximum Gasteiger partial charge on any atom is 0.307 e. The van der Waals surface area contributed by atoms with E-state index in [2.05, 4.69) is 4.98 Å². The van der Waals surface area contributed by atoms with Crippen molar-refractivity contribution in [3.05, 3.63) is 47.7 Å². The summed E-state index contributed by atoms with van der Waals surface area (Å²) in [6.07, 6.45) is 0.927. The van der Waals surface area contributed by atoms with E-state index in [0.29, 0.717) is 5.56 Å². The van der Waals surface area contributed by atoms with Crippen molar-refractivity contribution >= 4 is 11.7 Å². The van der Waals surface area contributed by atoms with Crippen molar-refractivity contribution in [3.63, 3.8) is 0 Å². The lowest BCUT2D eigenvalue weighted by Gasteiger charge is -2.07. The minimum atomic E-state index is -1.07. The molecule has 0 fully saturated rings. The number of halogens is 2. The summed E-state index contributed by atoms with van der Waals surface area (Å²) in [5, 5.41) is 8.74. The molecule has 3 N–H and O–H groups in total. The largest absolute Gasteiger partial charge is 0.481 e. The molecule has 6 heteroatoms. The minimum Gasteiger partial charge on any atom is -0.481 e. The molecule has 0 saturated heterocycles. The first-order valence-corrected chi connectivity index (χ1v) is 5.39. The Balaban J connectivity index is 2.51. The van der Waals surface area contributed by atoms with E-state index in [4.69, 9.17) is 10.8 Å². The van der Waals surface area contributed by atoms with Gasteiger partial charge in [-0.05, 0) is 23.8 Å². The van der Waals surface area contributed by atoms with Crippen LogP contribution in [0.3, 0.4) is 0 Å². The highest BCUT2D eigenvalue weighted by atomic mass is 19.2. The van der Waals surface area contributed by atoms with Gasteiger partial charge in [0.1, 0.15) is 0 Å². The zero-order valence-corrected chi connectivity index (χ0v) is 9.73. The number of aromatic nitrogens is 1. The van der Waals surface area contributed by atoms with Gasteiger partial charge in [0.2, 0.25) is 0 Å². The predicted molar refractivity (Wildman–Crippen MR) is 65.3 cm³/mol. The number of carbonyl (C=O) groups is 1. The van der Waals surface area contributed by atoms with E-state index in [0.717, 1.165) is 6.07 Å². The van der Waals surface area contributed by atoms with Crippen LogP contribution in [0.1, 0.15) is 5.56 Å². The average Bonchev–Trinajstić information content (AvgIpc) is 2.35. The van der Waals surface area contributed by atoms with Gasteiger partial charge in [-0.2, -0.15) is 0 Å². The molecule has 0 aliphatic heterocycles. The van der Waals surface area contributed by atoms with Crippen LogP contribution < -0.4 is 5.73 Å². The number of pyridine rings is 1. The van der Waals surface area contributed by atoms with Crippen LogP contribution in [0, 0.1) is 11.6 Å². The molecule has 0 atom stereocenters. The number of hydrogen-bond acceptors (Lipinski definition) is 3. The molecule has 1 aromatic heterocycles. The molecule has 0 amide bonds. The Bertz CT molecular complexity index is 645. The number of rotatable bonds is 3. The third-order valence-corrected chi connectivity index (χ3v) is 2.59. The van der Waals surface area contributed by atoms with Crippen molar-refractivity contribution in [2.24, 2.45) is 0 Å². The van der Waals surface area contributed by atoms with Gasteiger partial charge in [0.05, 0.1) is 24.0 Å². The smallest absolute Gasteiger partial charge is 0.307 e. The Morgan fingerprint density at radius 3 is 2.79 bits per heavy atom. The van der Waals surface area contributed by atoms with Crippen LogP contribution in [0.15, 0.2) is 30.5 Å². The Hall–Kier alpha value is -2.50. The van der Waals surface area contributed by atoms with E-state index in [1.807, 2.05) is 0 Å². The molecule has 0 aliphatic rings. The number of aliphatic carboxylic acids is 1. The molecular formula is C13H10F2N2O2. The van der Waals surface area contributed by atoms with Crippen LogP contribution in [-0.4, -0.2) is 16.1 Å². The quantitative estimate of drug-likeness (QED) is 0.891. The van der Waals surface area contributed by atoms with Crippen molar-refractivity contribution < 1.29 is 18.7 Å². The maximum absolute atomic E-state index is 13.6. The zero-order chi connectivity index (χ0) is 14.0. The van der Waals surface area contributed by atoms with E-state index in [-0.39, 0.29) is 23.4 Å². The molecule has 2 rings (SSSR count). The van der Waals surface area contributed by atoms with Gasteiger partial charge in [0, 0.05) is 5.56 Å². The number of hydrogen-bond donors (Lipinski definition) is 2. The highest BCUT2D eigenvalue weighted by Gasteiger charge is 2.13. The lowest BCUT2D eigenvalue weighted by atomic mass is 10.1. The van der Waals surface area contributed by atoms with Gasteiger partial charge in [-0.1, -0.05) is 6.07 Å². The number of nitrogens with zero attached hydrogens (tertiary/aromatic N) is 1. The van der Waals surface area contributed by atoms with E-state index in [1.54, 1.807) is 0 Å². The molecule has 0 unspecified atom stereocenters. The summed E-state index contributed by atoms with van der Waals surface area (Å²) in [5.74, 6) is -3.08. The minimum absolute atomic E-state index is 0.0355. The molecule has 0 radical (unpaired) electrons. The third kappa shape index (κ3) is 2.67. The second kappa shape index (κ2) is 5.01. The normalized spacial score (nSPS) is 10.4. The fraction of sp³-hybridized carbons (Fsp3) is 0.0769. The summed E-state index contributed by atoms with van der Waals surface area (Å²) < 4.78 is 26.8. The van der Waals surface area contributed by atoms with Crippen molar-refractivity contribution in [1.29, 1.82) is 0 Å². The maximum atomic E-state index is 13.6. The predicted octanol–water partition coefficient (Wildman–Crippen LogP) is 2.24. The van der Waals surface area contributed by atoms with Gasteiger partial charge in [-0.15, -0.1) is 0 Å². The standard InChI is InChI=1S/C13H10F2N2O2/c14-9-3-1-2-8(13(9)15)11-4-7(5-12(18)19)10(16)6-17-11/h1-4,6H,5,16H2,(H,18,19). The van der Waals surface area contributed by atoms with Gasteiger partial charge in [0.15, 0.2) is 11.6 Å². The molecule has 0 saturated carbocycles. The molecule has 2 aromatic rings. The van der Waals surface area contributed by atoms with E-state index < -0.39 is 17.6 Å². The van der Waals surface area contributed by atoms with Crippen LogP contribution in [0.4, 0.5) is 14.5 Å². The monoisotopic (exact) mass is 264 g/mol. The second-order valence-electron chi connectivity index (χ2n) is 3.94. The van der Waals surface area contributed by atoms with E-state index >= 15 is 0 Å². The van der Waals surface area contributed by atoms with Crippen LogP contribution in [0.5, 0.6) is 0 Å². The molecule has 19 heavy (non-hydrogen) atoms. The number of carboxylic acids is 1. The first-order valence-electron chi connectivity index (χ1n) is 5.39. The molecule has 0 bridgehead atoms. The van der Waals surface area contributed by atoms with Crippen LogP contribution in [-0.2, 0) is 11.2 Å². The Morgan fingerprint density at radius 1 is 1.37 bits per heavy atom. The molecular weight excluding hydrogens is 254 g/mol. The van der Waals surface area contributed by atoms with Crippen molar-refractivity contribution in [2.45, 2.75) is 6.42 Å². The van der Waals surface area contributed by atoms with E-state index in [1.165, 1.54) is 24.4 Å². The summed E-state index contributed by atoms with van der Waals surface area (Å²) in [6, 6.07) is 5.06. The highest BCUT2D eigenvalue weighted by Crippen LogP contribution is 2.25. The summed E-state index contributed by atoms with van der Waals surface area (Å²) in [4.78, 5) is 14.6. The van der Waals surface area contributed by atoms with Crippen molar-refractivity contribution in [1.82, 2.24) is 4.98 Å². The zero-order valence-electron chi connectivity index (χ0n) is 9.73. The van der Waals surface area contributed by atoms with Crippen LogP contribution in [0.2, 0.25) is 0 Å². The molecule has 98 valence electrons. The lowest BCUT2D eigenvalue weighted by Crippen LogP contribution is -2.05. The van der Waals surface area contributed by atoms with Gasteiger partial charge >= 0.3 is 5.97 Å². The molecule has 4 nitrogen and oxygen atoms in total. The molecule has 0 aliphatic carbocycles. The summed E-state index contributed by atoms with van der Waals surface area (Å²) in [5.41, 5.74) is 6.20. The Labute approximate surface area is 107 Å². The lowest BCUT2D eigenvalue weighted by molar-refractivity contribution is -0.136. The highest BCUT2D eigenvalue weighted by molar-refractivity contribution is 5.74. The van der Waals surface area contributed by atoms with Gasteiger partial charge in [0.25, 0.3) is 0 Å². The summed E-state index contributed by atoms with van der Waals surface area (Å²) in [6.45, 7) is 0. The Kier molecular flexibility index (Phi) is 3.41. The number of benzene rings is 1. The topological polar surface area (TPSA) is 76.2 Å². The van der Waals surface area contributed by atoms with Crippen molar-refractivity contribution in [3.8, 4) is 11.3 Å². The average molecular weight is 264 g/mol. The Morgan fingerprint density at radius 2 is 2.11 bits per heavy atom. The molecule has 1 heterocycles. The molecule has 0 spiro atoms. The number of nitrogens with two attached hydrogens (primary N) is 1. The number of carboxylic acid groups (broad SMARTS) is 1. The van der Waals surface area contributed by atoms with Gasteiger partial charge < -0.3 is 10.8 Å². The SMILES string of the molecule is Nc1cnc(-c2cccc(F)c2F)cc1CC(=O)O. The van der Waals surface area contributed by atoms with Gasteiger partial charge in [-0.3, -0.25) is 9.78 Å². The number of anilines is 1. The van der Waals surface area contributed by atoms with Crippen LogP contribution >= 0.6 is 0 Å². The van der Waals surface area contributed by atoms with Gasteiger partial charge in [-0.25, -0.2) is 8.78 Å². The second-order valence-corrected chi connectivity index (χ2v) is 3.94. The summed E-state index contributed by atoms with van der Waals surface area (Å²) >= 11 is 0. The molecule has 1 aromatic carbocycles. The number of nitrogen functional groups attached to an aromatic ring is 1. The first kappa shape index (κ1) is 12.9. The fourth-order valence-electron chi connectivity index (χ4n) is 1.67. The van der Waals surface area contributed by atoms with E-state index in [9.17, 15) is 13.6 Å². The summed E-state index contributed by atoms with van der Waals surface area (Å²) in [7, 11) is 0. The first-order chi connectivity index (χ1) is 8.99.